The van der Waals surface area contributed by atoms with Gasteiger partial charge in [-0.15, -0.1) is 0 Å². The Balaban J connectivity index is 2.30. The number of hydrogen-bond acceptors (Lipinski definition) is 2. The summed E-state index contributed by atoms with van der Waals surface area (Å²) >= 11 is 3.53. The molecule has 0 radical (unpaired) electrons. The van der Waals surface area contributed by atoms with Gasteiger partial charge in [-0.25, -0.2) is 0 Å². The summed E-state index contributed by atoms with van der Waals surface area (Å²) in [4.78, 5) is 0. The van der Waals surface area contributed by atoms with Crippen molar-refractivity contribution >= 4 is 15.9 Å². The number of nitriles is 1. The minimum Gasteiger partial charge on any atom is -0.315 e. The van der Waals surface area contributed by atoms with Gasteiger partial charge < -0.3 is 5.32 Å². The Hall–Kier alpha value is -0.850. The van der Waals surface area contributed by atoms with E-state index in [0.717, 1.165) is 24.0 Å². The summed E-state index contributed by atoms with van der Waals surface area (Å²) in [5.41, 5.74) is 1.30. The highest BCUT2D eigenvalue weighted by atomic mass is 79.9. The van der Waals surface area contributed by atoms with Crippen LogP contribution in [0.2, 0.25) is 0 Å². The quantitative estimate of drug-likeness (QED) is 0.817. The third-order valence-electron chi connectivity index (χ3n) is 2.86. The first-order chi connectivity index (χ1) is 8.15. The van der Waals surface area contributed by atoms with Gasteiger partial charge in [-0.2, -0.15) is 5.26 Å². The van der Waals surface area contributed by atoms with Gasteiger partial charge in [0.15, 0.2) is 0 Å². The largest absolute Gasteiger partial charge is 0.315 e. The molecule has 3 heteroatoms. The van der Waals surface area contributed by atoms with Gasteiger partial charge in [0.1, 0.15) is 0 Å². The van der Waals surface area contributed by atoms with E-state index in [1.54, 1.807) is 0 Å². The van der Waals surface area contributed by atoms with Gasteiger partial charge >= 0.3 is 0 Å². The predicted octanol–water partition coefficient (Wildman–Crippen LogP) is 3.38. The van der Waals surface area contributed by atoms with Crippen LogP contribution in [0.3, 0.4) is 0 Å². The van der Waals surface area contributed by atoms with Crippen LogP contribution in [0.5, 0.6) is 0 Å². The lowest BCUT2D eigenvalue weighted by Gasteiger charge is -2.13. The molecule has 0 aliphatic carbocycles. The fourth-order valence-electron chi connectivity index (χ4n) is 1.61. The van der Waals surface area contributed by atoms with Crippen LogP contribution in [0, 0.1) is 23.2 Å². The Labute approximate surface area is 112 Å². The van der Waals surface area contributed by atoms with Crippen LogP contribution in [0.25, 0.3) is 0 Å². The van der Waals surface area contributed by atoms with Crippen molar-refractivity contribution in [2.45, 2.75) is 20.3 Å². The molecular weight excluding hydrogens is 276 g/mol. The molecule has 1 unspecified atom stereocenters. The van der Waals surface area contributed by atoms with Crippen LogP contribution in [0.4, 0.5) is 0 Å². The van der Waals surface area contributed by atoms with Gasteiger partial charge in [-0.1, -0.05) is 48.0 Å². The van der Waals surface area contributed by atoms with Crippen molar-refractivity contribution in [3.05, 3.63) is 34.3 Å². The molecule has 1 aromatic rings. The van der Waals surface area contributed by atoms with E-state index in [1.807, 2.05) is 12.1 Å². The van der Waals surface area contributed by atoms with E-state index < -0.39 is 0 Å². The second-order valence-electron chi connectivity index (χ2n) is 4.53. The number of rotatable bonds is 6. The van der Waals surface area contributed by atoms with Crippen molar-refractivity contribution in [2.75, 3.05) is 13.1 Å². The monoisotopic (exact) mass is 294 g/mol. The molecule has 2 nitrogen and oxygen atoms in total. The molecule has 92 valence electrons. The molecule has 0 saturated carbocycles. The van der Waals surface area contributed by atoms with Gasteiger partial charge in [0, 0.05) is 11.0 Å². The molecular formula is C14H19BrN2. The van der Waals surface area contributed by atoms with Crippen molar-refractivity contribution < 1.29 is 0 Å². The van der Waals surface area contributed by atoms with Crippen LogP contribution in [0.1, 0.15) is 19.4 Å². The fourth-order valence-corrected chi connectivity index (χ4v) is 2.10. The Kier molecular flexibility index (Phi) is 6.25. The van der Waals surface area contributed by atoms with Crippen LogP contribution >= 0.6 is 15.9 Å². The summed E-state index contributed by atoms with van der Waals surface area (Å²) < 4.78 is 1.16. The SMILES string of the molecule is CC(C)C(C#N)CNCCc1ccccc1Br. The van der Waals surface area contributed by atoms with E-state index in [0.29, 0.717) is 5.92 Å². The molecule has 0 saturated heterocycles. The van der Waals surface area contributed by atoms with Crippen LogP contribution in [-0.4, -0.2) is 13.1 Å². The van der Waals surface area contributed by atoms with Crippen molar-refractivity contribution in [1.82, 2.24) is 5.32 Å². The molecule has 17 heavy (non-hydrogen) atoms. The van der Waals surface area contributed by atoms with Gasteiger partial charge in [0.25, 0.3) is 0 Å². The smallest absolute Gasteiger partial charge is 0.0671 e. The second-order valence-corrected chi connectivity index (χ2v) is 5.38. The molecule has 0 fully saturated rings. The lowest BCUT2D eigenvalue weighted by Crippen LogP contribution is -2.27. The molecule has 1 atom stereocenters. The molecule has 0 aliphatic heterocycles. The van der Waals surface area contributed by atoms with Crippen molar-refractivity contribution in [1.29, 1.82) is 5.26 Å². The Bertz CT molecular complexity index is 382. The lowest BCUT2D eigenvalue weighted by atomic mass is 9.97. The average Bonchev–Trinajstić information content (AvgIpc) is 2.31. The zero-order valence-corrected chi connectivity index (χ0v) is 12.0. The van der Waals surface area contributed by atoms with Gasteiger partial charge in [-0.3, -0.25) is 0 Å². The maximum Gasteiger partial charge on any atom is 0.0671 e. The maximum absolute atomic E-state index is 8.96. The van der Waals surface area contributed by atoms with Crippen LogP contribution < -0.4 is 5.32 Å². The van der Waals surface area contributed by atoms with Crippen molar-refractivity contribution in [3.63, 3.8) is 0 Å². The summed E-state index contributed by atoms with van der Waals surface area (Å²) in [6.45, 7) is 5.86. The molecule has 0 aromatic heterocycles. The summed E-state index contributed by atoms with van der Waals surface area (Å²) in [5, 5.41) is 12.3. The van der Waals surface area contributed by atoms with Crippen LogP contribution in [-0.2, 0) is 6.42 Å². The van der Waals surface area contributed by atoms with Gasteiger partial charge in [-0.05, 0) is 30.5 Å². The lowest BCUT2D eigenvalue weighted by molar-refractivity contribution is 0.444. The minimum absolute atomic E-state index is 0.106. The predicted molar refractivity (Wildman–Crippen MR) is 74.7 cm³/mol. The number of nitrogens with zero attached hydrogens (tertiary/aromatic N) is 1. The van der Waals surface area contributed by atoms with E-state index in [9.17, 15) is 0 Å². The highest BCUT2D eigenvalue weighted by Crippen LogP contribution is 2.15. The minimum atomic E-state index is 0.106. The molecule has 1 rings (SSSR count). The normalized spacial score (nSPS) is 12.4. The summed E-state index contributed by atoms with van der Waals surface area (Å²) in [7, 11) is 0. The van der Waals surface area contributed by atoms with E-state index in [1.165, 1.54) is 5.56 Å². The zero-order valence-electron chi connectivity index (χ0n) is 10.4. The van der Waals surface area contributed by atoms with Crippen molar-refractivity contribution in [3.8, 4) is 6.07 Å². The molecule has 1 N–H and O–H groups in total. The Morgan fingerprint density at radius 2 is 2.06 bits per heavy atom. The standard InChI is InChI=1S/C14H19BrN2/c1-11(2)13(9-16)10-17-8-7-12-5-3-4-6-14(12)15/h3-6,11,13,17H,7-8,10H2,1-2H3. The van der Waals surface area contributed by atoms with E-state index in [4.69, 9.17) is 5.26 Å². The van der Waals surface area contributed by atoms with E-state index >= 15 is 0 Å². The molecule has 0 amide bonds. The highest BCUT2D eigenvalue weighted by Gasteiger charge is 2.11. The number of benzene rings is 1. The molecule has 0 heterocycles. The molecule has 0 spiro atoms. The number of halogens is 1. The highest BCUT2D eigenvalue weighted by molar-refractivity contribution is 9.10. The van der Waals surface area contributed by atoms with Crippen molar-refractivity contribution in [2.24, 2.45) is 11.8 Å². The summed E-state index contributed by atoms with van der Waals surface area (Å²) in [6, 6.07) is 10.6. The first kappa shape index (κ1) is 14.2. The van der Waals surface area contributed by atoms with E-state index in [2.05, 4.69) is 53.3 Å². The van der Waals surface area contributed by atoms with E-state index in [-0.39, 0.29) is 5.92 Å². The topological polar surface area (TPSA) is 35.8 Å². The summed E-state index contributed by atoms with van der Waals surface area (Å²) in [6.07, 6.45) is 0.984. The Morgan fingerprint density at radius 3 is 2.65 bits per heavy atom. The third kappa shape index (κ3) is 4.89. The molecule has 0 aliphatic rings. The van der Waals surface area contributed by atoms with Gasteiger partial charge in [0.2, 0.25) is 0 Å². The fraction of sp³-hybridized carbons (Fsp3) is 0.500. The van der Waals surface area contributed by atoms with Gasteiger partial charge in [0.05, 0.1) is 12.0 Å². The number of hydrogen-bond donors (Lipinski definition) is 1. The second kappa shape index (κ2) is 7.47. The first-order valence-electron chi connectivity index (χ1n) is 5.99. The number of nitrogens with one attached hydrogen (secondary N) is 1. The maximum atomic E-state index is 8.96. The third-order valence-corrected chi connectivity index (χ3v) is 3.64. The Morgan fingerprint density at radius 1 is 1.35 bits per heavy atom. The summed E-state index contributed by atoms with van der Waals surface area (Å²) in [5.74, 6) is 0.519. The first-order valence-corrected chi connectivity index (χ1v) is 6.78. The van der Waals surface area contributed by atoms with Crippen LogP contribution in [0.15, 0.2) is 28.7 Å². The molecule has 1 aromatic carbocycles. The average molecular weight is 295 g/mol. The molecule has 0 bridgehead atoms. The zero-order chi connectivity index (χ0) is 12.7.